The normalized spacial score (nSPS) is 22.3. The minimum absolute atomic E-state index is 0.0173. The van der Waals surface area contributed by atoms with Crippen LogP contribution in [0.3, 0.4) is 0 Å². The lowest BCUT2D eigenvalue weighted by molar-refractivity contribution is -0.141. The van der Waals surface area contributed by atoms with Crippen molar-refractivity contribution in [2.75, 3.05) is 26.4 Å². The van der Waals surface area contributed by atoms with E-state index < -0.39 is 26.3 Å². The van der Waals surface area contributed by atoms with E-state index in [-0.39, 0.29) is 22.5 Å². The minimum atomic E-state index is -4.57. The Bertz CT molecular complexity index is 1380. The maximum absolute atomic E-state index is 13.4. The first-order chi connectivity index (χ1) is 20.5. The third-order valence-corrected chi connectivity index (χ3v) is 14.4. The number of fused-ring (bicyclic) bond motifs is 1. The monoisotopic (exact) mass is 632 g/mol. The molecule has 1 fully saturated rings. The second kappa shape index (κ2) is 12.2. The third kappa shape index (κ3) is 6.84. The Morgan fingerprint density at radius 2 is 1.77 bits per heavy atom. The summed E-state index contributed by atoms with van der Waals surface area (Å²) >= 11 is 0. The van der Waals surface area contributed by atoms with Crippen LogP contribution in [0, 0.1) is 5.41 Å². The first-order valence-corrected chi connectivity index (χ1v) is 18.7. The molecule has 1 saturated heterocycles. The number of aliphatic hydroxyl groups is 1. The van der Waals surface area contributed by atoms with Gasteiger partial charge in [-0.15, -0.1) is 0 Å². The highest BCUT2D eigenvalue weighted by Crippen LogP contribution is 2.52. The zero-order chi connectivity index (χ0) is 32.1. The number of hydrogen-bond donors (Lipinski definition) is 1. The predicted molar refractivity (Wildman–Crippen MR) is 167 cm³/mol. The highest BCUT2D eigenvalue weighted by atomic mass is 28.4. The Labute approximate surface area is 260 Å². The van der Waals surface area contributed by atoms with Crippen LogP contribution in [0.2, 0.25) is 18.1 Å². The van der Waals surface area contributed by atoms with Gasteiger partial charge in [0, 0.05) is 47.7 Å². The maximum Gasteiger partial charge on any atom is 0.433 e. The molecule has 242 valence electrons. The number of hydrogen-bond acceptors (Lipinski definition) is 6. The van der Waals surface area contributed by atoms with Gasteiger partial charge >= 0.3 is 6.18 Å². The number of halogens is 3. The standard InChI is InChI=1S/C34H47F3N2O4Si/c1-32(2,3)44(6,7)43-25-19-33(4,5)18-24-28(25)27(21-10-14-41-15-11-21)29(30(39-24)22-12-16-42-17-13-22)31(40)23-8-9-26(38-20-23)34(35,36)37/h8-10,20,22,25,31,40H,11-19H2,1-7H3/t25-,31-/m0/s1. The van der Waals surface area contributed by atoms with Crippen molar-refractivity contribution >= 4 is 13.9 Å². The molecule has 0 spiro atoms. The highest BCUT2D eigenvalue weighted by Gasteiger charge is 2.45. The van der Waals surface area contributed by atoms with Gasteiger partial charge in [-0.3, -0.25) is 9.97 Å². The zero-order valence-corrected chi connectivity index (χ0v) is 28.1. The molecule has 0 aromatic carbocycles. The van der Waals surface area contributed by atoms with E-state index in [1.807, 2.05) is 0 Å². The summed E-state index contributed by atoms with van der Waals surface area (Å²) in [7, 11) is -2.24. The fourth-order valence-electron chi connectivity index (χ4n) is 6.49. The number of aromatic nitrogens is 2. The summed E-state index contributed by atoms with van der Waals surface area (Å²) in [4.78, 5) is 9.09. The molecule has 0 unspecified atom stereocenters. The lowest BCUT2D eigenvalue weighted by Crippen LogP contribution is -2.44. The quantitative estimate of drug-likeness (QED) is 0.323. The minimum Gasteiger partial charge on any atom is -0.410 e. The van der Waals surface area contributed by atoms with Gasteiger partial charge < -0.3 is 19.0 Å². The highest BCUT2D eigenvalue weighted by molar-refractivity contribution is 6.74. The van der Waals surface area contributed by atoms with Crippen LogP contribution in [-0.2, 0) is 26.5 Å². The van der Waals surface area contributed by atoms with E-state index in [0.29, 0.717) is 44.0 Å². The van der Waals surface area contributed by atoms with Crippen molar-refractivity contribution in [1.29, 1.82) is 0 Å². The molecule has 44 heavy (non-hydrogen) atoms. The lowest BCUT2D eigenvalue weighted by Gasteiger charge is -2.45. The van der Waals surface area contributed by atoms with Gasteiger partial charge in [0.2, 0.25) is 0 Å². The first kappa shape index (κ1) is 33.3. The molecule has 2 aliphatic heterocycles. The average Bonchev–Trinajstić information content (AvgIpc) is 2.95. The predicted octanol–water partition coefficient (Wildman–Crippen LogP) is 8.31. The van der Waals surface area contributed by atoms with Crippen LogP contribution in [0.4, 0.5) is 13.2 Å². The summed E-state index contributed by atoms with van der Waals surface area (Å²) in [5, 5.41) is 12.2. The SMILES string of the molecule is CC1(C)Cc2nc(C3CCOCC3)c([C@@H](O)c3ccc(C(F)(F)F)nc3)c(C3=CCOCC3)c2[C@@H](O[Si](C)(C)C(C)(C)C)C1. The van der Waals surface area contributed by atoms with Gasteiger partial charge in [0.05, 0.1) is 25.0 Å². The molecule has 5 rings (SSSR count). The Kier molecular flexibility index (Phi) is 9.25. The number of rotatable bonds is 6. The average molecular weight is 633 g/mol. The van der Waals surface area contributed by atoms with Gasteiger partial charge in [0.1, 0.15) is 11.8 Å². The van der Waals surface area contributed by atoms with Gasteiger partial charge in [-0.25, -0.2) is 0 Å². The first-order valence-electron chi connectivity index (χ1n) is 15.8. The Morgan fingerprint density at radius 3 is 2.34 bits per heavy atom. The molecule has 4 heterocycles. The van der Waals surface area contributed by atoms with Gasteiger partial charge in [-0.05, 0) is 72.9 Å². The lowest BCUT2D eigenvalue weighted by atomic mass is 9.71. The third-order valence-electron chi connectivity index (χ3n) is 9.89. The molecule has 2 aromatic heterocycles. The van der Waals surface area contributed by atoms with Crippen LogP contribution in [-0.4, -0.2) is 49.8 Å². The number of nitrogens with zero attached hydrogens (tertiary/aromatic N) is 2. The molecule has 6 nitrogen and oxygen atoms in total. The van der Waals surface area contributed by atoms with Crippen molar-refractivity contribution < 1.29 is 32.2 Å². The molecule has 0 amide bonds. The molecule has 2 aromatic rings. The van der Waals surface area contributed by atoms with E-state index in [1.54, 1.807) is 0 Å². The second-order valence-electron chi connectivity index (χ2n) is 14.9. The Balaban J connectivity index is 1.78. The van der Waals surface area contributed by atoms with Crippen LogP contribution >= 0.6 is 0 Å². The zero-order valence-electron chi connectivity index (χ0n) is 27.1. The molecule has 0 radical (unpaired) electrons. The summed E-state index contributed by atoms with van der Waals surface area (Å²) in [5.74, 6) is 0.0464. The smallest absolute Gasteiger partial charge is 0.410 e. The summed E-state index contributed by atoms with van der Waals surface area (Å²) in [6.45, 7) is 17.9. The van der Waals surface area contributed by atoms with Crippen molar-refractivity contribution in [3.63, 3.8) is 0 Å². The van der Waals surface area contributed by atoms with Gasteiger partial charge in [-0.2, -0.15) is 13.2 Å². The number of ether oxygens (including phenoxy) is 2. The summed E-state index contributed by atoms with van der Waals surface area (Å²) in [6, 6.07) is 2.28. The van der Waals surface area contributed by atoms with E-state index in [2.05, 4.69) is 58.8 Å². The van der Waals surface area contributed by atoms with E-state index in [4.69, 9.17) is 18.9 Å². The number of aliphatic hydroxyl groups excluding tert-OH is 1. The Morgan fingerprint density at radius 1 is 1.07 bits per heavy atom. The number of pyridine rings is 2. The fraction of sp³-hybridized carbons (Fsp3) is 0.647. The van der Waals surface area contributed by atoms with Crippen LogP contribution in [0.15, 0.2) is 24.4 Å². The molecule has 0 bridgehead atoms. The summed E-state index contributed by atoms with van der Waals surface area (Å²) < 4.78 is 58.8. The van der Waals surface area contributed by atoms with E-state index in [9.17, 15) is 18.3 Å². The topological polar surface area (TPSA) is 73.7 Å². The van der Waals surface area contributed by atoms with Crippen molar-refractivity contribution in [1.82, 2.24) is 9.97 Å². The largest absolute Gasteiger partial charge is 0.433 e. The molecule has 1 N–H and O–H groups in total. The van der Waals surface area contributed by atoms with Crippen molar-refractivity contribution in [3.8, 4) is 0 Å². The van der Waals surface area contributed by atoms with Crippen molar-refractivity contribution in [2.45, 2.75) is 109 Å². The molecular weight excluding hydrogens is 585 g/mol. The van der Waals surface area contributed by atoms with E-state index in [0.717, 1.165) is 66.0 Å². The van der Waals surface area contributed by atoms with Crippen molar-refractivity contribution in [2.24, 2.45) is 5.41 Å². The van der Waals surface area contributed by atoms with E-state index >= 15 is 0 Å². The Hall–Kier alpha value is -2.11. The van der Waals surface area contributed by atoms with Gasteiger partial charge in [0.25, 0.3) is 0 Å². The van der Waals surface area contributed by atoms with Crippen LogP contribution in [0.25, 0.3) is 5.57 Å². The molecular formula is C34H47F3N2O4Si. The summed E-state index contributed by atoms with van der Waals surface area (Å²) in [5.41, 5.74) is 4.76. The molecule has 3 aliphatic rings. The van der Waals surface area contributed by atoms with Crippen LogP contribution < -0.4 is 0 Å². The molecule has 1 aliphatic carbocycles. The molecule has 10 heteroatoms. The molecule has 2 atom stereocenters. The fourth-order valence-corrected chi connectivity index (χ4v) is 7.75. The molecule has 0 saturated carbocycles. The maximum atomic E-state index is 13.4. The number of alkyl halides is 3. The van der Waals surface area contributed by atoms with Crippen LogP contribution in [0.1, 0.15) is 118 Å². The van der Waals surface area contributed by atoms with Gasteiger partial charge in [-0.1, -0.05) is 46.8 Å². The van der Waals surface area contributed by atoms with Crippen molar-refractivity contribution in [3.05, 3.63) is 63.7 Å². The second-order valence-corrected chi connectivity index (χ2v) is 19.6. The van der Waals surface area contributed by atoms with Gasteiger partial charge in [0.15, 0.2) is 8.32 Å². The summed E-state index contributed by atoms with van der Waals surface area (Å²) in [6.07, 6.45) is 0.950. The van der Waals surface area contributed by atoms with E-state index in [1.165, 1.54) is 6.07 Å². The van der Waals surface area contributed by atoms with Crippen LogP contribution in [0.5, 0.6) is 0 Å².